The Morgan fingerprint density at radius 1 is 0.839 bits per heavy atom. The molecule has 0 aliphatic heterocycles. The smallest absolute Gasteiger partial charge is 0.287 e. The molecule has 3 aromatic rings. The topological polar surface area (TPSA) is 144 Å². The maximum Gasteiger partial charge on any atom is 0.287 e. The zero-order valence-corrected chi connectivity index (χ0v) is 16.2. The number of nitrogens with one attached hydrogen (secondary N) is 3. The first-order chi connectivity index (χ1) is 15.0. The third kappa shape index (κ3) is 5.54. The second-order valence-electron chi connectivity index (χ2n) is 6.29. The molecule has 0 radical (unpaired) electrons. The highest BCUT2D eigenvalue weighted by atomic mass is 16.6. The lowest BCUT2D eigenvalue weighted by molar-refractivity contribution is -0.385. The highest BCUT2D eigenvalue weighted by Crippen LogP contribution is 2.19. The molecule has 0 saturated heterocycles. The van der Waals surface area contributed by atoms with Crippen LogP contribution in [0.3, 0.4) is 0 Å². The van der Waals surface area contributed by atoms with Crippen LogP contribution >= 0.6 is 0 Å². The summed E-state index contributed by atoms with van der Waals surface area (Å²) in [6.45, 7) is 0.427. The molecule has 0 unspecified atom stereocenters. The highest BCUT2D eigenvalue weighted by molar-refractivity contribution is 6.07. The minimum Gasteiger partial charge on any atom is -0.459 e. The lowest BCUT2D eigenvalue weighted by atomic mass is 10.1. The van der Waals surface area contributed by atoms with Crippen LogP contribution in [0.15, 0.2) is 71.3 Å². The summed E-state index contributed by atoms with van der Waals surface area (Å²) in [4.78, 5) is 46.7. The average Bonchev–Trinajstić information content (AvgIpc) is 3.32. The normalized spacial score (nSPS) is 10.2. The summed E-state index contributed by atoms with van der Waals surface area (Å²) in [6, 6.07) is 14.8. The van der Waals surface area contributed by atoms with Gasteiger partial charge in [-0.3, -0.25) is 24.5 Å². The van der Waals surface area contributed by atoms with Crippen LogP contribution in [0.5, 0.6) is 0 Å². The zero-order valence-electron chi connectivity index (χ0n) is 16.2. The van der Waals surface area contributed by atoms with Gasteiger partial charge in [-0.05, 0) is 42.5 Å². The van der Waals surface area contributed by atoms with Gasteiger partial charge in [0.15, 0.2) is 5.76 Å². The number of anilines is 1. The first-order valence-corrected chi connectivity index (χ1v) is 9.20. The fourth-order valence-corrected chi connectivity index (χ4v) is 2.68. The van der Waals surface area contributed by atoms with E-state index in [2.05, 4.69) is 16.0 Å². The zero-order chi connectivity index (χ0) is 22.2. The van der Waals surface area contributed by atoms with Crippen molar-refractivity contribution in [1.29, 1.82) is 0 Å². The van der Waals surface area contributed by atoms with E-state index in [1.165, 1.54) is 60.9 Å². The van der Waals surface area contributed by atoms with E-state index in [-0.39, 0.29) is 41.9 Å². The van der Waals surface area contributed by atoms with Gasteiger partial charge in [0.1, 0.15) is 5.56 Å². The number of rotatable bonds is 8. The molecule has 10 heteroatoms. The fraction of sp³-hybridized carbons (Fsp3) is 0.0952. The van der Waals surface area contributed by atoms with Gasteiger partial charge >= 0.3 is 0 Å². The van der Waals surface area contributed by atoms with Crippen molar-refractivity contribution in [3.05, 3.63) is 93.9 Å². The Morgan fingerprint density at radius 3 is 2.16 bits per heavy atom. The molecule has 0 atom stereocenters. The molecule has 10 nitrogen and oxygen atoms in total. The lowest BCUT2D eigenvalue weighted by Gasteiger charge is -2.08. The standard InChI is InChI=1S/C21H18N4O6/c26-19(22-11-12-23-21(28)18-6-3-13-31-18)14-7-9-15(10-8-14)24-20(27)16-4-1-2-5-17(16)25(29)30/h1-10,13H,11-12H2,(H,22,26)(H,23,28)(H,24,27). The van der Waals surface area contributed by atoms with Crippen molar-refractivity contribution in [2.75, 3.05) is 18.4 Å². The van der Waals surface area contributed by atoms with Gasteiger partial charge in [-0.1, -0.05) is 12.1 Å². The number of hydrogen-bond acceptors (Lipinski definition) is 6. The summed E-state index contributed by atoms with van der Waals surface area (Å²) >= 11 is 0. The summed E-state index contributed by atoms with van der Waals surface area (Å²) in [7, 11) is 0. The van der Waals surface area contributed by atoms with Crippen LogP contribution in [0, 0.1) is 10.1 Å². The van der Waals surface area contributed by atoms with Crippen molar-refractivity contribution in [2.24, 2.45) is 0 Å². The van der Waals surface area contributed by atoms with Crippen molar-refractivity contribution in [3.8, 4) is 0 Å². The third-order valence-electron chi connectivity index (χ3n) is 4.19. The third-order valence-corrected chi connectivity index (χ3v) is 4.19. The Morgan fingerprint density at radius 2 is 1.52 bits per heavy atom. The van der Waals surface area contributed by atoms with Gasteiger partial charge in [0.05, 0.1) is 11.2 Å². The van der Waals surface area contributed by atoms with Crippen LogP contribution in [0.4, 0.5) is 11.4 Å². The fourth-order valence-electron chi connectivity index (χ4n) is 2.68. The monoisotopic (exact) mass is 422 g/mol. The Bertz CT molecular complexity index is 1090. The van der Waals surface area contributed by atoms with Gasteiger partial charge in [-0.2, -0.15) is 0 Å². The van der Waals surface area contributed by atoms with Crippen LogP contribution in [0.1, 0.15) is 31.3 Å². The van der Waals surface area contributed by atoms with E-state index in [4.69, 9.17) is 4.42 Å². The Hall–Kier alpha value is -4.47. The number of nitro benzene ring substituents is 1. The number of amides is 3. The van der Waals surface area contributed by atoms with Gasteiger partial charge in [-0.15, -0.1) is 0 Å². The SMILES string of the molecule is O=C(NCCNC(=O)c1ccco1)c1ccc(NC(=O)c2ccccc2[N+](=O)[O-])cc1. The van der Waals surface area contributed by atoms with E-state index in [1.54, 1.807) is 6.07 Å². The maximum atomic E-state index is 12.3. The van der Waals surface area contributed by atoms with Crippen LogP contribution in [-0.2, 0) is 0 Å². The minimum atomic E-state index is -0.628. The van der Waals surface area contributed by atoms with Crippen LogP contribution in [-0.4, -0.2) is 35.7 Å². The quantitative estimate of drug-likeness (QED) is 0.289. The molecule has 31 heavy (non-hydrogen) atoms. The summed E-state index contributed by atoms with van der Waals surface area (Å²) in [5, 5.41) is 18.9. The number of carbonyl (C=O) groups excluding carboxylic acids is 3. The van der Waals surface area contributed by atoms with Crippen LogP contribution in [0.25, 0.3) is 0 Å². The average molecular weight is 422 g/mol. The van der Waals surface area contributed by atoms with E-state index in [1.807, 2.05) is 0 Å². The van der Waals surface area contributed by atoms with E-state index in [0.29, 0.717) is 11.3 Å². The molecular weight excluding hydrogens is 404 g/mol. The van der Waals surface area contributed by atoms with E-state index >= 15 is 0 Å². The van der Waals surface area contributed by atoms with Crippen molar-refractivity contribution < 1.29 is 23.7 Å². The van der Waals surface area contributed by atoms with Crippen molar-refractivity contribution in [1.82, 2.24) is 10.6 Å². The van der Waals surface area contributed by atoms with Gasteiger partial charge < -0.3 is 20.4 Å². The second-order valence-corrected chi connectivity index (χ2v) is 6.29. The van der Waals surface area contributed by atoms with Gasteiger partial charge in [-0.25, -0.2) is 0 Å². The molecule has 3 amide bonds. The molecule has 3 N–H and O–H groups in total. The van der Waals surface area contributed by atoms with Crippen LogP contribution in [0.2, 0.25) is 0 Å². The lowest BCUT2D eigenvalue weighted by Crippen LogP contribution is -2.34. The summed E-state index contributed by atoms with van der Waals surface area (Å²) in [5.41, 5.74) is 0.368. The molecule has 0 saturated carbocycles. The molecular formula is C21H18N4O6. The Balaban J connectivity index is 1.50. The molecule has 3 rings (SSSR count). The molecule has 0 spiro atoms. The number of para-hydroxylation sites is 1. The Labute approximate surface area is 176 Å². The molecule has 0 aliphatic carbocycles. The van der Waals surface area contributed by atoms with Crippen molar-refractivity contribution in [3.63, 3.8) is 0 Å². The minimum absolute atomic E-state index is 0.0640. The molecule has 158 valence electrons. The maximum absolute atomic E-state index is 12.3. The van der Waals surface area contributed by atoms with E-state index in [9.17, 15) is 24.5 Å². The largest absolute Gasteiger partial charge is 0.459 e. The molecule has 1 aromatic heterocycles. The van der Waals surface area contributed by atoms with E-state index in [0.717, 1.165) is 0 Å². The Kier molecular flexibility index (Phi) is 6.74. The summed E-state index contributed by atoms with van der Waals surface area (Å²) < 4.78 is 4.97. The van der Waals surface area contributed by atoms with Gasteiger partial charge in [0.2, 0.25) is 0 Å². The van der Waals surface area contributed by atoms with E-state index < -0.39 is 10.8 Å². The molecule has 0 aliphatic rings. The first kappa shape index (κ1) is 21.2. The predicted octanol–water partition coefficient (Wildman–Crippen LogP) is 2.60. The van der Waals surface area contributed by atoms with Crippen molar-refractivity contribution in [2.45, 2.75) is 0 Å². The second kappa shape index (κ2) is 9.83. The van der Waals surface area contributed by atoms with Gasteiger partial charge in [0, 0.05) is 30.4 Å². The number of nitro groups is 1. The van der Waals surface area contributed by atoms with Crippen molar-refractivity contribution >= 4 is 29.1 Å². The molecule has 1 heterocycles. The predicted molar refractivity (Wildman–Crippen MR) is 111 cm³/mol. The first-order valence-electron chi connectivity index (χ1n) is 9.20. The number of nitrogens with zero attached hydrogens (tertiary/aromatic N) is 1. The number of furan rings is 1. The number of hydrogen-bond donors (Lipinski definition) is 3. The number of benzene rings is 2. The van der Waals surface area contributed by atoms with Gasteiger partial charge in [0.25, 0.3) is 23.4 Å². The summed E-state index contributed by atoms with van der Waals surface area (Å²) in [5.74, 6) is -1.18. The van der Waals surface area contributed by atoms with Crippen LogP contribution < -0.4 is 16.0 Å². The molecule has 2 aromatic carbocycles. The highest BCUT2D eigenvalue weighted by Gasteiger charge is 2.19. The number of carbonyl (C=O) groups is 3. The molecule has 0 bridgehead atoms. The summed E-state index contributed by atoms with van der Waals surface area (Å²) in [6.07, 6.45) is 1.39. The molecule has 0 fully saturated rings.